The van der Waals surface area contributed by atoms with Gasteiger partial charge in [0.25, 0.3) is 5.89 Å². The first-order chi connectivity index (χ1) is 11.3. The van der Waals surface area contributed by atoms with Crippen LogP contribution in [0.5, 0.6) is 5.75 Å². The van der Waals surface area contributed by atoms with Crippen molar-refractivity contribution in [1.82, 2.24) is 15.5 Å². The molecule has 1 aromatic heterocycles. The van der Waals surface area contributed by atoms with Crippen molar-refractivity contribution >= 4 is 11.6 Å². The van der Waals surface area contributed by atoms with E-state index in [1.807, 2.05) is 54.6 Å². The maximum atomic E-state index is 6.10. The Morgan fingerprint density at radius 2 is 1.65 bits per heavy atom. The molecule has 23 heavy (non-hydrogen) atoms. The minimum Gasteiger partial charge on any atom is -0.484 e. The minimum atomic E-state index is 0.252. The van der Waals surface area contributed by atoms with Gasteiger partial charge < -0.3 is 14.5 Å². The van der Waals surface area contributed by atoms with Crippen molar-refractivity contribution in [2.45, 2.75) is 19.7 Å². The largest absolute Gasteiger partial charge is 0.484 e. The van der Waals surface area contributed by atoms with E-state index in [0.29, 0.717) is 24.9 Å². The van der Waals surface area contributed by atoms with Crippen molar-refractivity contribution in [3.8, 4) is 5.75 Å². The highest BCUT2D eigenvalue weighted by Crippen LogP contribution is 2.14. The summed E-state index contributed by atoms with van der Waals surface area (Å²) in [4.78, 5) is 0. The van der Waals surface area contributed by atoms with Gasteiger partial charge in [-0.1, -0.05) is 48.0 Å². The van der Waals surface area contributed by atoms with Gasteiger partial charge in [-0.3, -0.25) is 0 Å². The van der Waals surface area contributed by atoms with Gasteiger partial charge in [0.1, 0.15) is 5.75 Å². The molecule has 0 radical (unpaired) electrons. The van der Waals surface area contributed by atoms with Gasteiger partial charge in [0.15, 0.2) is 6.61 Å². The van der Waals surface area contributed by atoms with Crippen molar-refractivity contribution < 1.29 is 9.15 Å². The fourth-order valence-corrected chi connectivity index (χ4v) is 2.23. The molecule has 0 aliphatic heterocycles. The molecule has 0 aliphatic carbocycles. The Balaban J connectivity index is 1.47. The average molecular weight is 330 g/mol. The lowest BCUT2D eigenvalue weighted by atomic mass is 10.2. The molecule has 0 spiro atoms. The molecule has 5 nitrogen and oxygen atoms in total. The summed E-state index contributed by atoms with van der Waals surface area (Å²) in [5.41, 5.74) is 1.03. The van der Waals surface area contributed by atoms with Crippen LogP contribution in [0, 0.1) is 0 Å². The third-order valence-electron chi connectivity index (χ3n) is 3.16. The molecule has 3 aromatic rings. The highest BCUT2D eigenvalue weighted by Gasteiger charge is 2.07. The topological polar surface area (TPSA) is 60.2 Å². The quantitative estimate of drug-likeness (QED) is 0.717. The van der Waals surface area contributed by atoms with Crippen LogP contribution < -0.4 is 10.1 Å². The van der Waals surface area contributed by atoms with Crippen LogP contribution in [0.3, 0.4) is 0 Å². The highest BCUT2D eigenvalue weighted by molar-refractivity contribution is 6.31. The molecule has 2 aromatic carbocycles. The number of halogens is 1. The zero-order valence-corrected chi connectivity index (χ0v) is 13.2. The van der Waals surface area contributed by atoms with E-state index in [1.165, 1.54) is 0 Å². The third kappa shape index (κ3) is 4.55. The summed E-state index contributed by atoms with van der Waals surface area (Å²) < 4.78 is 11.1. The van der Waals surface area contributed by atoms with Crippen LogP contribution in [0.2, 0.25) is 5.02 Å². The number of nitrogens with one attached hydrogen (secondary N) is 1. The summed E-state index contributed by atoms with van der Waals surface area (Å²) in [6.07, 6.45) is 0. The Kier molecular flexibility index (Phi) is 5.24. The Morgan fingerprint density at radius 1 is 0.913 bits per heavy atom. The third-order valence-corrected chi connectivity index (χ3v) is 3.53. The first kappa shape index (κ1) is 15.5. The molecule has 0 unspecified atom stereocenters. The molecule has 6 heteroatoms. The van der Waals surface area contributed by atoms with Gasteiger partial charge in [-0.05, 0) is 23.8 Å². The molecule has 0 fully saturated rings. The molecular weight excluding hydrogens is 314 g/mol. The number of aromatic nitrogens is 2. The fourth-order valence-electron chi connectivity index (χ4n) is 2.03. The van der Waals surface area contributed by atoms with E-state index in [1.54, 1.807) is 0 Å². The van der Waals surface area contributed by atoms with E-state index in [4.69, 9.17) is 20.8 Å². The molecular formula is C17H16ClN3O2. The summed E-state index contributed by atoms with van der Waals surface area (Å²) in [6, 6.07) is 17.2. The van der Waals surface area contributed by atoms with Crippen LogP contribution in [0.25, 0.3) is 0 Å². The van der Waals surface area contributed by atoms with E-state index in [2.05, 4.69) is 15.5 Å². The SMILES string of the molecule is Clc1ccccc1CNCc1nnc(COc2ccccc2)o1. The van der Waals surface area contributed by atoms with Gasteiger partial charge in [0.2, 0.25) is 5.89 Å². The van der Waals surface area contributed by atoms with Crippen molar-refractivity contribution in [2.75, 3.05) is 0 Å². The summed E-state index contributed by atoms with van der Waals surface area (Å²) in [7, 11) is 0. The molecule has 0 saturated carbocycles. The smallest absolute Gasteiger partial charge is 0.253 e. The summed E-state index contributed by atoms with van der Waals surface area (Å²) in [6.45, 7) is 1.36. The zero-order chi connectivity index (χ0) is 15.9. The van der Waals surface area contributed by atoms with E-state index >= 15 is 0 Å². The number of hydrogen-bond donors (Lipinski definition) is 1. The average Bonchev–Trinajstić information content (AvgIpc) is 3.04. The van der Waals surface area contributed by atoms with Crippen molar-refractivity contribution in [1.29, 1.82) is 0 Å². The normalized spacial score (nSPS) is 10.7. The second-order valence-corrected chi connectivity index (χ2v) is 5.29. The van der Waals surface area contributed by atoms with Crippen LogP contribution in [0.15, 0.2) is 59.0 Å². The van der Waals surface area contributed by atoms with E-state index in [9.17, 15) is 0 Å². The predicted octanol–water partition coefficient (Wildman–Crippen LogP) is 3.59. The lowest BCUT2D eigenvalue weighted by molar-refractivity contribution is 0.258. The van der Waals surface area contributed by atoms with Crippen molar-refractivity contribution in [3.05, 3.63) is 77.0 Å². The monoisotopic (exact) mass is 329 g/mol. The Hall–Kier alpha value is -2.37. The second-order valence-electron chi connectivity index (χ2n) is 4.89. The standard InChI is InChI=1S/C17H16ClN3O2/c18-15-9-5-4-6-13(15)10-19-11-16-20-21-17(23-16)12-22-14-7-2-1-3-8-14/h1-9,19H,10-12H2. The number of benzene rings is 2. The van der Waals surface area contributed by atoms with E-state index in [0.717, 1.165) is 16.3 Å². The van der Waals surface area contributed by atoms with E-state index < -0.39 is 0 Å². The first-order valence-electron chi connectivity index (χ1n) is 7.24. The Bertz CT molecular complexity index is 746. The number of hydrogen-bond acceptors (Lipinski definition) is 5. The number of para-hydroxylation sites is 1. The van der Waals surface area contributed by atoms with Gasteiger partial charge >= 0.3 is 0 Å². The fraction of sp³-hybridized carbons (Fsp3) is 0.176. The lowest BCUT2D eigenvalue weighted by Gasteiger charge is -2.04. The number of nitrogens with zero attached hydrogens (tertiary/aromatic N) is 2. The molecule has 1 N–H and O–H groups in total. The van der Waals surface area contributed by atoms with Crippen LogP contribution >= 0.6 is 11.6 Å². The maximum absolute atomic E-state index is 6.10. The summed E-state index contributed by atoms with van der Waals surface area (Å²) in [5.74, 6) is 1.73. The molecule has 1 heterocycles. The number of ether oxygens (including phenoxy) is 1. The Labute approximate surface area is 139 Å². The Morgan fingerprint density at radius 3 is 2.48 bits per heavy atom. The molecule has 0 atom stereocenters. The van der Waals surface area contributed by atoms with Gasteiger partial charge in [0.05, 0.1) is 6.54 Å². The molecule has 0 aliphatic rings. The van der Waals surface area contributed by atoms with Gasteiger partial charge in [-0.25, -0.2) is 0 Å². The van der Waals surface area contributed by atoms with Crippen molar-refractivity contribution in [2.24, 2.45) is 0 Å². The number of rotatable bonds is 7. The van der Waals surface area contributed by atoms with Gasteiger partial charge in [0, 0.05) is 11.6 Å². The van der Waals surface area contributed by atoms with E-state index in [-0.39, 0.29) is 6.61 Å². The van der Waals surface area contributed by atoms with Gasteiger partial charge in [-0.15, -0.1) is 10.2 Å². The molecule has 0 amide bonds. The molecule has 0 bridgehead atoms. The lowest BCUT2D eigenvalue weighted by Crippen LogP contribution is -2.13. The van der Waals surface area contributed by atoms with Crippen LogP contribution in [0.4, 0.5) is 0 Å². The van der Waals surface area contributed by atoms with Crippen LogP contribution in [-0.4, -0.2) is 10.2 Å². The zero-order valence-electron chi connectivity index (χ0n) is 12.4. The first-order valence-corrected chi connectivity index (χ1v) is 7.62. The molecule has 0 saturated heterocycles. The maximum Gasteiger partial charge on any atom is 0.253 e. The van der Waals surface area contributed by atoms with Gasteiger partial charge in [-0.2, -0.15) is 0 Å². The predicted molar refractivity (Wildman–Crippen MR) is 87.1 cm³/mol. The highest BCUT2D eigenvalue weighted by atomic mass is 35.5. The van der Waals surface area contributed by atoms with Crippen molar-refractivity contribution in [3.63, 3.8) is 0 Å². The summed E-state index contributed by atoms with van der Waals surface area (Å²) >= 11 is 6.10. The second kappa shape index (κ2) is 7.76. The molecule has 118 valence electrons. The minimum absolute atomic E-state index is 0.252. The summed E-state index contributed by atoms with van der Waals surface area (Å²) in [5, 5.41) is 11.9. The van der Waals surface area contributed by atoms with Crippen LogP contribution in [0.1, 0.15) is 17.3 Å². The molecule has 3 rings (SSSR count). The van der Waals surface area contributed by atoms with Crippen LogP contribution in [-0.2, 0) is 19.7 Å².